The summed E-state index contributed by atoms with van der Waals surface area (Å²) >= 11 is 0. The average Bonchev–Trinajstić information content (AvgIpc) is 2.69. The van der Waals surface area contributed by atoms with Gasteiger partial charge in [0.1, 0.15) is 0 Å². The number of methoxy groups -OCH3 is 1. The third-order valence-electron chi connectivity index (χ3n) is 4.36. The largest absolute Gasteiger partial charge is 0.396 e. The van der Waals surface area contributed by atoms with Crippen LogP contribution in [0.15, 0.2) is 0 Å². The monoisotopic (exact) mass is 394 g/mol. The van der Waals surface area contributed by atoms with Crippen LogP contribution in [0.3, 0.4) is 0 Å². The van der Waals surface area contributed by atoms with Crippen molar-refractivity contribution >= 4 is 0 Å². The van der Waals surface area contributed by atoms with Gasteiger partial charge in [-0.15, -0.1) is 0 Å². The summed E-state index contributed by atoms with van der Waals surface area (Å²) in [5, 5.41) is 19.9. The van der Waals surface area contributed by atoms with Gasteiger partial charge in [0.2, 0.25) is 0 Å². The number of hydrogen-bond donors (Lipinski definition) is 2. The quantitative estimate of drug-likeness (QED) is 0.305. The minimum Gasteiger partial charge on any atom is -0.396 e. The van der Waals surface area contributed by atoms with Crippen LogP contribution in [-0.2, 0) is 23.7 Å². The maximum Gasteiger partial charge on any atom is 0.0635 e. The Kier molecular flexibility index (Phi) is 16.5. The summed E-state index contributed by atoms with van der Waals surface area (Å²) in [5.41, 5.74) is -1.25. The van der Waals surface area contributed by atoms with Gasteiger partial charge in [-0.3, -0.25) is 0 Å². The molecule has 0 saturated carbocycles. The van der Waals surface area contributed by atoms with E-state index in [1.165, 1.54) is 0 Å². The molecule has 2 atom stereocenters. The number of hydrogen-bond acceptors (Lipinski definition) is 7. The first-order chi connectivity index (χ1) is 13.1. The molecule has 0 spiro atoms. The summed E-state index contributed by atoms with van der Waals surface area (Å²) in [6.45, 7) is 9.66. The highest BCUT2D eigenvalue weighted by atomic mass is 16.5. The van der Waals surface area contributed by atoms with Crippen molar-refractivity contribution in [3.63, 3.8) is 0 Å². The molecule has 0 rings (SSSR count). The van der Waals surface area contributed by atoms with Crippen molar-refractivity contribution in [2.24, 2.45) is 10.8 Å². The fourth-order valence-electron chi connectivity index (χ4n) is 2.60. The molecule has 0 fully saturated rings. The zero-order valence-corrected chi connectivity index (χ0v) is 17.8. The zero-order valence-electron chi connectivity index (χ0n) is 17.8. The van der Waals surface area contributed by atoms with Crippen LogP contribution < -0.4 is 0 Å². The van der Waals surface area contributed by atoms with Crippen LogP contribution in [0.2, 0.25) is 0 Å². The molecular weight excluding hydrogens is 352 g/mol. The number of ether oxygens (including phenoxy) is 5. The minimum atomic E-state index is -0.625. The maximum absolute atomic E-state index is 9.98. The smallest absolute Gasteiger partial charge is 0.0635 e. The predicted octanol–water partition coefficient (Wildman–Crippen LogP) is 1.89. The molecule has 0 amide bonds. The second-order valence-electron chi connectivity index (χ2n) is 7.34. The van der Waals surface area contributed by atoms with Crippen molar-refractivity contribution < 1.29 is 33.9 Å². The minimum absolute atomic E-state index is 0.0954. The lowest BCUT2D eigenvalue weighted by molar-refractivity contribution is -0.127. The second kappa shape index (κ2) is 16.7. The van der Waals surface area contributed by atoms with Crippen molar-refractivity contribution in [3.05, 3.63) is 0 Å². The van der Waals surface area contributed by atoms with Crippen molar-refractivity contribution in [3.8, 4) is 0 Å². The summed E-state index contributed by atoms with van der Waals surface area (Å²) in [6.07, 6.45) is 2.95. The van der Waals surface area contributed by atoms with Gasteiger partial charge in [-0.1, -0.05) is 20.3 Å². The first-order valence-electron chi connectivity index (χ1n) is 10.1. The predicted molar refractivity (Wildman–Crippen MR) is 105 cm³/mol. The van der Waals surface area contributed by atoms with Crippen LogP contribution in [0.1, 0.15) is 40.0 Å². The molecule has 0 aromatic carbocycles. The molecule has 7 heteroatoms. The van der Waals surface area contributed by atoms with Crippen LogP contribution in [-0.4, -0.2) is 90.0 Å². The molecule has 164 valence electrons. The summed E-state index contributed by atoms with van der Waals surface area (Å²) in [7, 11) is 1.60. The molecule has 0 heterocycles. The van der Waals surface area contributed by atoms with Crippen molar-refractivity contribution in [1.29, 1.82) is 0 Å². The Bertz CT molecular complexity index is 329. The van der Waals surface area contributed by atoms with Gasteiger partial charge in [-0.05, 0) is 19.8 Å². The molecule has 27 heavy (non-hydrogen) atoms. The van der Waals surface area contributed by atoms with E-state index >= 15 is 0 Å². The Labute approximate surface area is 165 Å². The Hall–Kier alpha value is -0.280. The molecule has 7 nitrogen and oxygen atoms in total. The van der Waals surface area contributed by atoms with E-state index in [1.807, 2.05) is 13.8 Å². The van der Waals surface area contributed by atoms with E-state index in [0.29, 0.717) is 46.2 Å². The first-order valence-corrected chi connectivity index (χ1v) is 10.1. The van der Waals surface area contributed by atoms with Crippen LogP contribution in [0.25, 0.3) is 0 Å². The van der Waals surface area contributed by atoms with Gasteiger partial charge >= 0.3 is 0 Å². The van der Waals surface area contributed by atoms with E-state index in [1.54, 1.807) is 7.11 Å². The van der Waals surface area contributed by atoms with Crippen LogP contribution in [0.5, 0.6) is 0 Å². The van der Waals surface area contributed by atoms with Gasteiger partial charge in [-0.2, -0.15) is 0 Å². The SMILES string of the molecule is CCCCOCC(CO)(COCC)COCC(CO)(COC)COCCC. The topological polar surface area (TPSA) is 86.6 Å². The molecule has 0 saturated heterocycles. The molecule has 0 aliphatic carbocycles. The molecule has 0 bridgehead atoms. The first kappa shape index (κ1) is 26.7. The lowest BCUT2D eigenvalue weighted by atomic mass is 9.90. The standard InChI is InChI=1S/C20H42O7/c1-5-8-10-26-16-20(12-22,14-24-7-3)18-27-17-19(11-21,13-23-4)15-25-9-6-2/h21-22H,5-18H2,1-4H3. The number of aliphatic hydroxyl groups excluding tert-OH is 2. The van der Waals surface area contributed by atoms with Gasteiger partial charge in [0.25, 0.3) is 0 Å². The maximum atomic E-state index is 9.98. The van der Waals surface area contributed by atoms with Crippen LogP contribution >= 0.6 is 0 Å². The van der Waals surface area contributed by atoms with Gasteiger partial charge in [0, 0.05) is 26.9 Å². The highest BCUT2D eigenvalue weighted by Crippen LogP contribution is 2.23. The summed E-state index contributed by atoms with van der Waals surface area (Å²) in [5.74, 6) is 0. The Balaban J connectivity index is 4.81. The second-order valence-corrected chi connectivity index (χ2v) is 7.34. The van der Waals surface area contributed by atoms with E-state index in [4.69, 9.17) is 23.7 Å². The van der Waals surface area contributed by atoms with Crippen molar-refractivity contribution in [1.82, 2.24) is 0 Å². The summed E-state index contributed by atoms with van der Waals surface area (Å²) in [4.78, 5) is 0. The van der Waals surface area contributed by atoms with E-state index in [0.717, 1.165) is 19.3 Å². The number of rotatable bonds is 20. The highest BCUT2D eigenvalue weighted by molar-refractivity contribution is 4.82. The normalized spacial score (nSPS) is 16.2. The lowest BCUT2D eigenvalue weighted by Gasteiger charge is -2.35. The van der Waals surface area contributed by atoms with E-state index < -0.39 is 10.8 Å². The fraction of sp³-hybridized carbons (Fsp3) is 1.00. The van der Waals surface area contributed by atoms with Crippen LogP contribution in [0, 0.1) is 10.8 Å². The Morgan fingerprint density at radius 2 is 1.15 bits per heavy atom. The van der Waals surface area contributed by atoms with Crippen molar-refractivity contribution in [2.45, 2.75) is 40.0 Å². The molecule has 0 aromatic rings. The van der Waals surface area contributed by atoms with E-state index in [2.05, 4.69) is 6.92 Å². The third-order valence-corrected chi connectivity index (χ3v) is 4.36. The van der Waals surface area contributed by atoms with Crippen molar-refractivity contribution in [2.75, 3.05) is 79.8 Å². The molecule has 0 aromatic heterocycles. The molecule has 0 aliphatic rings. The molecular formula is C20H42O7. The lowest BCUT2D eigenvalue weighted by Crippen LogP contribution is -2.45. The van der Waals surface area contributed by atoms with Gasteiger partial charge < -0.3 is 33.9 Å². The number of aliphatic hydroxyl groups is 2. The fourth-order valence-corrected chi connectivity index (χ4v) is 2.60. The van der Waals surface area contributed by atoms with E-state index in [9.17, 15) is 10.2 Å². The number of unbranched alkanes of at least 4 members (excludes halogenated alkanes) is 1. The average molecular weight is 395 g/mol. The Morgan fingerprint density at radius 1 is 0.630 bits per heavy atom. The third kappa shape index (κ3) is 11.3. The summed E-state index contributed by atoms with van der Waals surface area (Å²) < 4.78 is 28.2. The molecule has 0 radical (unpaired) electrons. The van der Waals surface area contributed by atoms with E-state index in [-0.39, 0.29) is 26.4 Å². The Morgan fingerprint density at radius 3 is 1.63 bits per heavy atom. The molecule has 0 aliphatic heterocycles. The molecule has 2 unspecified atom stereocenters. The summed E-state index contributed by atoms with van der Waals surface area (Å²) in [6, 6.07) is 0. The zero-order chi connectivity index (χ0) is 20.4. The van der Waals surface area contributed by atoms with Gasteiger partial charge in [0.05, 0.1) is 63.7 Å². The molecule has 2 N–H and O–H groups in total. The highest BCUT2D eigenvalue weighted by Gasteiger charge is 2.35. The van der Waals surface area contributed by atoms with Gasteiger partial charge in [0.15, 0.2) is 0 Å². The van der Waals surface area contributed by atoms with Gasteiger partial charge in [-0.25, -0.2) is 0 Å². The van der Waals surface area contributed by atoms with Crippen LogP contribution in [0.4, 0.5) is 0 Å².